The van der Waals surface area contributed by atoms with E-state index in [0.717, 1.165) is 0 Å². The fraction of sp³-hybridized carbons (Fsp3) is 0.0769. The minimum absolute atomic E-state index is 1.36. The van der Waals surface area contributed by atoms with E-state index in [1.807, 2.05) is 11.8 Å². The predicted molar refractivity (Wildman–Crippen MR) is 120 cm³/mol. The Balaban J connectivity index is 2.00. The van der Waals surface area contributed by atoms with Crippen molar-refractivity contribution in [3.05, 3.63) is 108 Å². The van der Waals surface area contributed by atoms with Crippen LogP contribution in [-0.4, -0.2) is 0 Å². The maximum absolute atomic E-state index is 2.36. The zero-order valence-electron chi connectivity index (χ0n) is 16.1. The van der Waals surface area contributed by atoms with E-state index >= 15 is 0 Å². The Labute approximate surface area is 173 Å². The lowest BCUT2D eigenvalue weighted by atomic mass is 10.2. The lowest BCUT2D eigenvalue weighted by Gasteiger charge is -2.47. The summed E-state index contributed by atoms with van der Waals surface area (Å²) in [6.07, 6.45) is 0. The van der Waals surface area contributed by atoms with Gasteiger partial charge in [-0.25, -0.2) is 0 Å². The van der Waals surface area contributed by atoms with Gasteiger partial charge in [0, 0.05) is 29.4 Å². The van der Waals surface area contributed by atoms with Gasteiger partial charge in [0.2, 0.25) is 0 Å². The molecule has 5 rings (SSSR count). The van der Waals surface area contributed by atoms with Crippen molar-refractivity contribution in [1.82, 2.24) is 0 Å². The molecular formula is C26H22S2. The first kappa shape index (κ1) is 17.7. The molecular weight excluding hydrogens is 376 g/mol. The summed E-state index contributed by atoms with van der Waals surface area (Å²) in [4.78, 5) is 8.58. The normalized spacial score (nSPS) is 15.4. The van der Waals surface area contributed by atoms with Gasteiger partial charge in [0.15, 0.2) is 0 Å². The maximum atomic E-state index is 2.36. The molecule has 28 heavy (non-hydrogen) atoms. The van der Waals surface area contributed by atoms with Gasteiger partial charge in [0.1, 0.15) is 0 Å². The zero-order chi connectivity index (χ0) is 19.1. The number of benzene rings is 4. The first-order valence-electron chi connectivity index (χ1n) is 9.53. The molecule has 2 heteroatoms. The van der Waals surface area contributed by atoms with Crippen molar-refractivity contribution in [2.24, 2.45) is 0 Å². The third-order valence-electron chi connectivity index (χ3n) is 5.41. The van der Waals surface area contributed by atoms with Crippen LogP contribution in [0.25, 0.3) is 0 Å². The molecule has 4 aromatic rings. The van der Waals surface area contributed by atoms with Crippen LogP contribution >= 0.6 is 21.8 Å². The molecule has 0 saturated carbocycles. The van der Waals surface area contributed by atoms with Gasteiger partial charge in [-0.05, 0) is 61.4 Å². The number of aryl methyl sites for hydroxylation is 2. The van der Waals surface area contributed by atoms with Crippen LogP contribution in [-0.2, 0) is 0 Å². The van der Waals surface area contributed by atoms with Crippen molar-refractivity contribution < 1.29 is 0 Å². The highest BCUT2D eigenvalue weighted by Gasteiger charge is 2.40. The van der Waals surface area contributed by atoms with E-state index in [1.165, 1.54) is 40.5 Å². The van der Waals surface area contributed by atoms with Crippen LogP contribution in [0.5, 0.6) is 0 Å². The highest BCUT2D eigenvalue weighted by molar-refractivity contribution is 8.34. The highest BCUT2D eigenvalue weighted by Crippen LogP contribution is 2.79. The quantitative estimate of drug-likeness (QED) is 0.289. The van der Waals surface area contributed by atoms with Crippen LogP contribution in [0.2, 0.25) is 0 Å². The first-order valence-corrected chi connectivity index (χ1v) is 12.0. The molecule has 0 fully saturated rings. The molecule has 4 aromatic carbocycles. The first-order chi connectivity index (χ1) is 13.7. The van der Waals surface area contributed by atoms with Gasteiger partial charge in [-0.3, -0.25) is 0 Å². The average molecular weight is 399 g/mol. The molecule has 0 unspecified atom stereocenters. The minimum atomic E-state index is -1.54. The standard InChI is InChI=1S/C26H22S2/c1-19-11-9-17-23-25(19)27-26-20(2)12-10-18-24(26)28(23,21-13-5-3-6-14-21)22-15-7-4-8-16-22/h3-18H,1-2H3. The van der Waals surface area contributed by atoms with Crippen molar-refractivity contribution in [3.8, 4) is 0 Å². The second-order valence-corrected chi connectivity index (χ2v) is 11.2. The Morgan fingerprint density at radius 3 is 1.36 bits per heavy atom. The Bertz CT molecular complexity index is 1050. The third kappa shape index (κ3) is 2.48. The lowest BCUT2D eigenvalue weighted by Crippen LogP contribution is -2.11. The predicted octanol–water partition coefficient (Wildman–Crippen LogP) is 8.11. The second kappa shape index (κ2) is 6.88. The van der Waals surface area contributed by atoms with Gasteiger partial charge >= 0.3 is 0 Å². The summed E-state index contributed by atoms with van der Waals surface area (Å²) in [6, 6.07) is 35.9. The largest absolute Gasteiger partial charge is 0.131 e. The van der Waals surface area contributed by atoms with Crippen molar-refractivity contribution in [3.63, 3.8) is 0 Å². The van der Waals surface area contributed by atoms with Gasteiger partial charge in [-0.15, -0.1) is 10.0 Å². The van der Waals surface area contributed by atoms with Crippen LogP contribution in [0.4, 0.5) is 0 Å². The van der Waals surface area contributed by atoms with Gasteiger partial charge in [-0.1, -0.05) is 72.4 Å². The molecule has 1 heterocycles. The molecule has 0 atom stereocenters. The van der Waals surface area contributed by atoms with Crippen molar-refractivity contribution in [2.75, 3.05) is 0 Å². The van der Waals surface area contributed by atoms with Gasteiger partial charge in [0.05, 0.1) is 0 Å². The smallest absolute Gasteiger partial charge is 0.0282 e. The second-order valence-electron chi connectivity index (χ2n) is 7.14. The Morgan fingerprint density at radius 2 is 0.929 bits per heavy atom. The van der Waals surface area contributed by atoms with Gasteiger partial charge in [0.25, 0.3) is 0 Å². The lowest BCUT2D eigenvalue weighted by molar-refractivity contribution is 1.05. The molecule has 0 bridgehead atoms. The van der Waals surface area contributed by atoms with E-state index in [-0.39, 0.29) is 0 Å². The van der Waals surface area contributed by atoms with Crippen LogP contribution in [0, 0.1) is 13.8 Å². The SMILES string of the molecule is Cc1cccc2c1Sc1c(C)cccc1S2(c1ccccc1)c1ccccc1. The zero-order valence-corrected chi connectivity index (χ0v) is 17.7. The third-order valence-corrected chi connectivity index (χ3v) is 11.1. The van der Waals surface area contributed by atoms with Crippen LogP contribution in [0.15, 0.2) is 126 Å². The molecule has 0 nitrogen and oxygen atoms in total. The molecule has 1 aliphatic heterocycles. The van der Waals surface area contributed by atoms with Crippen molar-refractivity contribution >= 4 is 21.8 Å². The van der Waals surface area contributed by atoms with Crippen LogP contribution in [0.3, 0.4) is 0 Å². The molecule has 0 spiro atoms. The molecule has 0 saturated heterocycles. The molecule has 0 N–H and O–H groups in total. The number of fused-ring (bicyclic) bond motifs is 2. The van der Waals surface area contributed by atoms with Crippen molar-refractivity contribution in [2.45, 2.75) is 43.2 Å². The summed E-state index contributed by atoms with van der Waals surface area (Å²) in [5.41, 5.74) is 2.72. The highest BCUT2D eigenvalue weighted by atomic mass is 32.3. The summed E-state index contributed by atoms with van der Waals surface area (Å²) in [5, 5.41) is 0. The summed E-state index contributed by atoms with van der Waals surface area (Å²) in [6.45, 7) is 4.49. The fourth-order valence-electron chi connectivity index (χ4n) is 4.11. The van der Waals surface area contributed by atoms with E-state index < -0.39 is 10.0 Å². The Hall–Kier alpha value is -2.42. The number of hydrogen-bond donors (Lipinski definition) is 0. The van der Waals surface area contributed by atoms with Gasteiger partial charge in [-0.2, -0.15) is 0 Å². The molecule has 138 valence electrons. The number of hydrogen-bond acceptors (Lipinski definition) is 1. The molecule has 0 aromatic heterocycles. The maximum Gasteiger partial charge on any atom is 0.0282 e. The van der Waals surface area contributed by atoms with E-state index in [2.05, 4.69) is 111 Å². The van der Waals surface area contributed by atoms with E-state index in [1.54, 1.807) is 0 Å². The monoisotopic (exact) mass is 398 g/mol. The van der Waals surface area contributed by atoms with E-state index in [4.69, 9.17) is 0 Å². The molecule has 0 aliphatic carbocycles. The summed E-state index contributed by atoms with van der Waals surface area (Å²) in [5.74, 6) is 0. The van der Waals surface area contributed by atoms with Gasteiger partial charge < -0.3 is 0 Å². The molecule has 0 amide bonds. The minimum Gasteiger partial charge on any atom is -0.131 e. The van der Waals surface area contributed by atoms with Crippen molar-refractivity contribution in [1.29, 1.82) is 0 Å². The average Bonchev–Trinajstić information content (AvgIpc) is 2.75. The van der Waals surface area contributed by atoms with E-state index in [0.29, 0.717) is 0 Å². The molecule has 1 aliphatic rings. The Kier molecular flexibility index (Phi) is 4.34. The Morgan fingerprint density at radius 1 is 0.500 bits per heavy atom. The van der Waals surface area contributed by atoms with Crippen LogP contribution in [0.1, 0.15) is 11.1 Å². The number of rotatable bonds is 2. The topological polar surface area (TPSA) is 0 Å². The van der Waals surface area contributed by atoms with Crippen LogP contribution < -0.4 is 0 Å². The summed E-state index contributed by atoms with van der Waals surface area (Å²) < 4.78 is 0. The van der Waals surface area contributed by atoms with E-state index in [9.17, 15) is 0 Å². The summed E-state index contributed by atoms with van der Waals surface area (Å²) in [7, 11) is -1.54. The molecule has 0 radical (unpaired) electrons. The summed E-state index contributed by atoms with van der Waals surface area (Å²) >= 11 is 1.95. The fourth-order valence-corrected chi connectivity index (χ4v) is 10.2.